The van der Waals surface area contributed by atoms with Gasteiger partial charge < -0.3 is 4.90 Å². The van der Waals surface area contributed by atoms with E-state index >= 15 is 0 Å². The molecule has 18 heavy (non-hydrogen) atoms. The van der Waals surface area contributed by atoms with Gasteiger partial charge in [-0.1, -0.05) is 19.9 Å². The number of nitrogens with one attached hydrogen (secondary N) is 1. The van der Waals surface area contributed by atoms with Gasteiger partial charge in [-0.25, -0.2) is 0 Å². The fourth-order valence-electron chi connectivity index (χ4n) is 1.32. The fourth-order valence-corrected chi connectivity index (χ4v) is 1.80. The summed E-state index contributed by atoms with van der Waals surface area (Å²) in [4.78, 5) is 5.63. The van der Waals surface area contributed by atoms with Crippen molar-refractivity contribution in [3.05, 3.63) is 30.1 Å². The van der Waals surface area contributed by atoms with Crippen molar-refractivity contribution in [1.29, 1.82) is 5.41 Å². The maximum absolute atomic E-state index is 10.6. The van der Waals surface area contributed by atoms with Crippen molar-refractivity contribution in [2.75, 3.05) is 13.6 Å². The molecule has 1 aromatic heterocycles. The van der Waals surface area contributed by atoms with Crippen molar-refractivity contribution in [1.82, 2.24) is 15.1 Å². The van der Waals surface area contributed by atoms with Gasteiger partial charge in [0.2, 0.25) is 5.96 Å². The molecule has 1 aliphatic rings. The molecule has 2 heterocycles. The van der Waals surface area contributed by atoms with Gasteiger partial charge in [0.1, 0.15) is 0 Å². The molecule has 0 unspecified atom stereocenters. The number of hydrogen-bond acceptors (Lipinski definition) is 6. The van der Waals surface area contributed by atoms with Gasteiger partial charge in [0, 0.05) is 31.9 Å². The summed E-state index contributed by atoms with van der Waals surface area (Å²) in [5.74, 6) is -0.194. The van der Waals surface area contributed by atoms with Gasteiger partial charge in [0.05, 0.1) is 0 Å². The number of guanidine groups is 1. The van der Waals surface area contributed by atoms with Gasteiger partial charge in [-0.3, -0.25) is 10.4 Å². The number of likely N-dealkylation sites (N-methyl/N-ethyl adjacent to an activating group) is 1. The minimum atomic E-state index is -3.93. The number of pyridine rings is 1. The Morgan fingerprint density at radius 1 is 1.50 bits per heavy atom. The summed E-state index contributed by atoms with van der Waals surface area (Å²) >= 11 is 0. The summed E-state index contributed by atoms with van der Waals surface area (Å²) < 4.78 is 29.7. The highest BCUT2D eigenvalue weighted by Gasteiger charge is 2.39. The predicted molar refractivity (Wildman–Crippen MR) is 61.2 cm³/mol. The van der Waals surface area contributed by atoms with Crippen molar-refractivity contribution in [2.24, 2.45) is 0 Å². The first-order valence-electron chi connectivity index (χ1n) is 5.12. The van der Waals surface area contributed by atoms with Gasteiger partial charge in [-0.05, 0) is 12.1 Å². The SMILES string of the molecule is CN(CCc1ccccn1)C(=N)N1OS(=O)(=O)O1. The van der Waals surface area contributed by atoms with Crippen LogP contribution in [0.25, 0.3) is 0 Å². The smallest absolute Gasteiger partial charge is 0.342 e. The predicted octanol–water partition coefficient (Wildman–Crippen LogP) is -0.0857. The zero-order valence-corrected chi connectivity index (χ0v) is 10.4. The van der Waals surface area contributed by atoms with Gasteiger partial charge in [0.15, 0.2) is 0 Å². The molecule has 2 rings (SSSR count). The van der Waals surface area contributed by atoms with Crippen molar-refractivity contribution in [2.45, 2.75) is 6.42 Å². The lowest BCUT2D eigenvalue weighted by Gasteiger charge is -2.31. The Balaban J connectivity index is 1.82. The van der Waals surface area contributed by atoms with Crippen LogP contribution in [0.4, 0.5) is 0 Å². The molecular weight excluding hydrogens is 260 g/mol. The molecule has 1 saturated heterocycles. The van der Waals surface area contributed by atoms with E-state index in [2.05, 4.69) is 13.6 Å². The van der Waals surface area contributed by atoms with Crippen LogP contribution in [0.1, 0.15) is 5.69 Å². The number of hydroxylamine groups is 2. The van der Waals surface area contributed by atoms with Gasteiger partial charge in [0.25, 0.3) is 0 Å². The molecule has 1 fully saturated rings. The lowest BCUT2D eigenvalue weighted by atomic mass is 10.2. The summed E-state index contributed by atoms with van der Waals surface area (Å²) in [5.41, 5.74) is 0.884. The number of hydrogen-bond donors (Lipinski definition) is 1. The molecule has 0 saturated carbocycles. The Morgan fingerprint density at radius 2 is 2.22 bits per heavy atom. The third-order valence-corrected chi connectivity index (χ3v) is 2.92. The highest BCUT2D eigenvalue weighted by Crippen LogP contribution is 2.17. The third kappa shape index (κ3) is 2.94. The van der Waals surface area contributed by atoms with Crippen molar-refractivity contribution >= 4 is 16.4 Å². The monoisotopic (exact) mass is 272 g/mol. The van der Waals surface area contributed by atoms with Gasteiger partial charge >= 0.3 is 10.4 Å². The van der Waals surface area contributed by atoms with Crippen molar-refractivity contribution in [3.8, 4) is 0 Å². The van der Waals surface area contributed by atoms with Crippen LogP contribution in [-0.4, -0.2) is 43.1 Å². The second kappa shape index (κ2) is 4.88. The van der Waals surface area contributed by atoms with Crippen molar-refractivity contribution in [3.63, 3.8) is 0 Å². The highest BCUT2D eigenvalue weighted by molar-refractivity contribution is 7.82. The summed E-state index contributed by atoms with van der Waals surface area (Å²) in [6.07, 6.45) is 2.31. The van der Waals surface area contributed by atoms with Crippen LogP contribution in [0.3, 0.4) is 0 Å². The Labute approximate surface area is 104 Å². The van der Waals surface area contributed by atoms with E-state index in [0.717, 1.165) is 5.69 Å². The Morgan fingerprint density at radius 3 is 2.78 bits per heavy atom. The summed E-state index contributed by atoms with van der Waals surface area (Å²) in [5, 5.41) is 8.15. The van der Waals surface area contributed by atoms with E-state index in [4.69, 9.17) is 5.41 Å². The minimum absolute atomic E-state index is 0.194. The zero-order valence-electron chi connectivity index (χ0n) is 9.61. The Bertz CT molecular complexity index is 521. The molecule has 8 nitrogen and oxygen atoms in total. The first-order chi connectivity index (χ1) is 8.48. The van der Waals surface area contributed by atoms with Crippen LogP contribution in [0.15, 0.2) is 24.4 Å². The fraction of sp³-hybridized carbons (Fsp3) is 0.333. The molecule has 0 spiro atoms. The lowest BCUT2D eigenvalue weighted by Crippen LogP contribution is -2.51. The maximum Gasteiger partial charge on any atom is 0.446 e. The van der Waals surface area contributed by atoms with Crippen molar-refractivity contribution < 1.29 is 17.0 Å². The van der Waals surface area contributed by atoms with E-state index in [1.807, 2.05) is 18.2 Å². The van der Waals surface area contributed by atoms with Gasteiger partial charge in [-0.2, -0.15) is 8.42 Å². The van der Waals surface area contributed by atoms with E-state index in [-0.39, 0.29) is 5.96 Å². The lowest BCUT2D eigenvalue weighted by molar-refractivity contribution is -0.275. The summed E-state index contributed by atoms with van der Waals surface area (Å²) in [6, 6.07) is 5.57. The standard InChI is InChI=1S/C9H12N4O4S/c1-12(7-5-8-4-2-3-6-11-8)9(10)13-16-18(14,15)17-13/h2-4,6,10H,5,7H2,1H3. The van der Waals surface area contributed by atoms with E-state index in [1.165, 1.54) is 4.90 Å². The third-order valence-electron chi connectivity index (χ3n) is 2.28. The normalized spacial score (nSPS) is 17.1. The molecule has 0 amide bonds. The van der Waals surface area contributed by atoms with Crippen LogP contribution in [-0.2, 0) is 25.4 Å². The summed E-state index contributed by atoms with van der Waals surface area (Å²) in [6.45, 7) is 0.485. The van der Waals surface area contributed by atoms with Crippen LogP contribution >= 0.6 is 0 Å². The molecule has 0 aliphatic carbocycles. The molecule has 0 radical (unpaired) electrons. The molecule has 98 valence electrons. The molecule has 0 bridgehead atoms. The highest BCUT2D eigenvalue weighted by atomic mass is 32.3. The molecular formula is C9H12N4O4S. The average Bonchev–Trinajstić information content (AvgIpc) is 2.33. The molecule has 0 aromatic carbocycles. The second-order valence-corrected chi connectivity index (χ2v) is 4.75. The second-order valence-electron chi connectivity index (χ2n) is 3.63. The first-order valence-corrected chi connectivity index (χ1v) is 6.45. The molecule has 9 heteroatoms. The van der Waals surface area contributed by atoms with E-state index in [0.29, 0.717) is 18.2 Å². The molecule has 1 N–H and O–H groups in total. The number of rotatable bonds is 3. The van der Waals surface area contributed by atoms with Crippen LogP contribution in [0.5, 0.6) is 0 Å². The molecule has 1 aromatic rings. The Hall–Kier alpha value is -1.71. The first kappa shape index (κ1) is 12.7. The topological polar surface area (TPSA) is 95.8 Å². The maximum atomic E-state index is 10.6. The van der Waals surface area contributed by atoms with E-state index in [1.54, 1.807) is 13.2 Å². The number of aromatic nitrogens is 1. The number of nitrogens with zero attached hydrogens (tertiary/aromatic N) is 3. The zero-order chi connectivity index (χ0) is 13.2. The largest absolute Gasteiger partial charge is 0.446 e. The quantitative estimate of drug-likeness (QED) is 0.607. The Kier molecular flexibility index (Phi) is 3.45. The van der Waals surface area contributed by atoms with Gasteiger partial charge in [-0.15, -0.1) is 0 Å². The molecule has 1 aliphatic heterocycles. The average molecular weight is 272 g/mol. The summed E-state index contributed by atoms with van der Waals surface area (Å²) in [7, 11) is -2.30. The van der Waals surface area contributed by atoms with E-state index < -0.39 is 10.4 Å². The van der Waals surface area contributed by atoms with E-state index in [9.17, 15) is 8.42 Å². The minimum Gasteiger partial charge on any atom is -0.342 e. The van der Waals surface area contributed by atoms with Crippen LogP contribution in [0, 0.1) is 5.41 Å². The van der Waals surface area contributed by atoms with Crippen LogP contribution in [0.2, 0.25) is 0 Å². The molecule has 0 atom stereocenters. The van der Waals surface area contributed by atoms with Crippen LogP contribution < -0.4 is 0 Å².